The molecule has 0 unspecified atom stereocenters. The molecular weight excluding hydrogens is 304 g/mol. The van der Waals surface area contributed by atoms with Crippen molar-refractivity contribution in [1.29, 1.82) is 0 Å². The van der Waals surface area contributed by atoms with E-state index in [4.69, 9.17) is 16.3 Å². The van der Waals surface area contributed by atoms with E-state index in [1.54, 1.807) is 6.92 Å². The largest absolute Gasteiger partial charge is 0.450 e. The van der Waals surface area contributed by atoms with Gasteiger partial charge in [0.2, 0.25) is 5.91 Å². The van der Waals surface area contributed by atoms with Crippen LogP contribution in [0.15, 0.2) is 24.3 Å². The van der Waals surface area contributed by atoms with Gasteiger partial charge in [0.05, 0.1) is 6.61 Å². The molecule has 6 heteroatoms. The lowest BCUT2D eigenvalue weighted by Crippen LogP contribution is -2.50. The Morgan fingerprint density at radius 1 is 1.23 bits per heavy atom. The molecule has 1 aromatic carbocycles. The molecule has 0 bridgehead atoms. The maximum atomic E-state index is 12.2. The van der Waals surface area contributed by atoms with Crippen molar-refractivity contribution in [3.05, 3.63) is 34.9 Å². The van der Waals surface area contributed by atoms with E-state index >= 15 is 0 Å². The monoisotopic (exact) mass is 326 g/mol. The van der Waals surface area contributed by atoms with Gasteiger partial charge >= 0.3 is 6.09 Å². The summed E-state index contributed by atoms with van der Waals surface area (Å²) in [6, 6.07) is 6.87. The zero-order valence-electron chi connectivity index (χ0n) is 13.2. The first-order chi connectivity index (χ1) is 10.4. The number of ether oxygens (including phenoxy) is 1. The fourth-order valence-corrected chi connectivity index (χ4v) is 2.05. The van der Waals surface area contributed by atoms with Crippen LogP contribution < -0.4 is 10.6 Å². The number of halogens is 1. The van der Waals surface area contributed by atoms with Gasteiger partial charge in [0, 0.05) is 11.6 Å². The third-order valence-electron chi connectivity index (χ3n) is 3.12. The van der Waals surface area contributed by atoms with E-state index in [0.717, 1.165) is 5.56 Å². The Kier molecular flexibility index (Phi) is 7.74. The highest BCUT2D eigenvalue weighted by atomic mass is 35.5. The molecule has 0 saturated heterocycles. The highest BCUT2D eigenvalue weighted by Crippen LogP contribution is 2.09. The molecule has 22 heavy (non-hydrogen) atoms. The summed E-state index contributed by atoms with van der Waals surface area (Å²) in [7, 11) is 0. The molecule has 2 N–H and O–H groups in total. The van der Waals surface area contributed by atoms with E-state index in [2.05, 4.69) is 10.6 Å². The molecule has 1 atom stereocenters. The number of hydrogen-bond donors (Lipinski definition) is 2. The average Bonchev–Trinajstić information content (AvgIpc) is 2.46. The predicted octanol–water partition coefficient (Wildman–Crippen LogP) is 2.77. The number of carbonyl (C=O) groups is 2. The van der Waals surface area contributed by atoms with Crippen LogP contribution in [0.3, 0.4) is 0 Å². The fourth-order valence-electron chi connectivity index (χ4n) is 1.93. The Bertz CT molecular complexity index is 489. The molecule has 0 aromatic heterocycles. The smallest absolute Gasteiger partial charge is 0.407 e. The summed E-state index contributed by atoms with van der Waals surface area (Å²) in [4.78, 5) is 23.6. The van der Waals surface area contributed by atoms with Crippen molar-refractivity contribution in [3.8, 4) is 0 Å². The summed E-state index contributed by atoms with van der Waals surface area (Å²) in [5.74, 6) is -0.239. The summed E-state index contributed by atoms with van der Waals surface area (Å²) in [6.45, 7) is 6.23. The van der Waals surface area contributed by atoms with Crippen LogP contribution in [0.2, 0.25) is 5.02 Å². The van der Waals surface area contributed by atoms with Crippen molar-refractivity contribution in [2.75, 3.05) is 13.2 Å². The molecule has 5 nitrogen and oxygen atoms in total. The van der Waals surface area contributed by atoms with E-state index in [1.165, 1.54) is 0 Å². The van der Waals surface area contributed by atoms with Crippen LogP contribution in [-0.2, 0) is 16.0 Å². The molecule has 122 valence electrons. The lowest BCUT2D eigenvalue weighted by atomic mass is 10.0. The Hall–Kier alpha value is -1.75. The van der Waals surface area contributed by atoms with Gasteiger partial charge < -0.3 is 15.4 Å². The summed E-state index contributed by atoms with van der Waals surface area (Å²) in [5, 5.41) is 6.10. The van der Waals surface area contributed by atoms with Gasteiger partial charge in [-0.2, -0.15) is 0 Å². The number of nitrogens with one attached hydrogen (secondary N) is 2. The Balaban J connectivity index is 2.46. The second-order valence-electron chi connectivity index (χ2n) is 5.25. The molecule has 0 heterocycles. The van der Waals surface area contributed by atoms with Crippen molar-refractivity contribution < 1.29 is 14.3 Å². The molecule has 0 aliphatic heterocycles. The zero-order valence-corrected chi connectivity index (χ0v) is 13.9. The second kappa shape index (κ2) is 9.30. The molecule has 1 aromatic rings. The minimum atomic E-state index is -0.607. The predicted molar refractivity (Wildman–Crippen MR) is 86.9 cm³/mol. The van der Waals surface area contributed by atoms with Crippen molar-refractivity contribution >= 4 is 23.6 Å². The number of alkyl carbamates (subject to hydrolysis) is 1. The molecule has 0 aliphatic carbocycles. The average molecular weight is 327 g/mol. The first-order valence-electron chi connectivity index (χ1n) is 7.39. The molecular formula is C16H23ClN2O3. The first kappa shape index (κ1) is 18.3. The van der Waals surface area contributed by atoms with Crippen LogP contribution in [0.5, 0.6) is 0 Å². The Labute approximate surface area is 136 Å². The summed E-state index contributed by atoms with van der Waals surface area (Å²) < 4.78 is 4.82. The van der Waals surface area contributed by atoms with Gasteiger partial charge in [0.15, 0.2) is 0 Å². The third-order valence-corrected chi connectivity index (χ3v) is 3.38. The number of hydrogen-bond acceptors (Lipinski definition) is 3. The lowest BCUT2D eigenvalue weighted by Gasteiger charge is -2.21. The van der Waals surface area contributed by atoms with Gasteiger partial charge in [-0.15, -0.1) is 0 Å². The third kappa shape index (κ3) is 6.35. The molecule has 0 fully saturated rings. The molecule has 0 spiro atoms. The highest BCUT2D eigenvalue weighted by Gasteiger charge is 2.24. The fraction of sp³-hybridized carbons (Fsp3) is 0.500. The van der Waals surface area contributed by atoms with Gasteiger partial charge in [-0.05, 0) is 37.0 Å². The summed E-state index contributed by atoms with van der Waals surface area (Å²) in [5.41, 5.74) is 1.09. The van der Waals surface area contributed by atoms with Crippen molar-refractivity contribution in [3.63, 3.8) is 0 Å². The van der Waals surface area contributed by atoms with Crippen LogP contribution in [0.25, 0.3) is 0 Å². The van der Waals surface area contributed by atoms with Gasteiger partial charge in [-0.25, -0.2) is 4.79 Å². The molecule has 0 saturated carbocycles. The first-order valence-corrected chi connectivity index (χ1v) is 7.77. The van der Waals surface area contributed by atoms with Crippen molar-refractivity contribution in [2.45, 2.75) is 33.2 Å². The zero-order chi connectivity index (χ0) is 16.5. The lowest BCUT2D eigenvalue weighted by molar-refractivity contribution is -0.124. The minimum absolute atomic E-state index is 0.0278. The van der Waals surface area contributed by atoms with Crippen LogP contribution in [-0.4, -0.2) is 31.2 Å². The van der Waals surface area contributed by atoms with Gasteiger partial charge in [0.25, 0.3) is 0 Å². The standard InChI is InChI=1S/C16H23ClN2O3/c1-4-22-16(21)19-14(11(2)3)15(20)18-10-9-12-5-7-13(17)8-6-12/h5-8,11,14H,4,9-10H2,1-3H3,(H,18,20)(H,19,21)/t14-/m0/s1. The quantitative estimate of drug-likeness (QED) is 0.809. The topological polar surface area (TPSA) is 67.4 Å². The molecule has 0 aliphatic rings. The highest BCUT2D eigenvalue weighted by molar-refractivity contribution is 6.30. The van der Waals surface area contributed by atoms with E-state index < -0.39 is 12.1 Å². The normalized spacial score (nSPS) is 11.9. The SMILES string of the molecule is CCOC(=O)N[C@H](C(=O)NCCc1ccc(Cl)cc1)C(C)C. The number of benzene rings is 1. The van der Waals surface area contributed by atoms with Crippen LogP contribution >= 0.6 is 11.6 Å². The molecule has 2 amide bonds. The maximum Gasteiger partial charge on any atom is 0.407 e. The number of amides is 2. The van der Waals surface area contributed by atoms with Gasteiger partial charge in [0.1, 0.15) is 6.04 Å². The van der Waals surface area contributed by atoms with Crippen molar-refractivity contribution in [2.24, 2.45) is 5.92 Å². The summed E-state index contributed by atoms with van der Waals surface area (Å²) in [6.07, 6.45) is 0.127. The number of carbonyl (C=O) groups excluding carboxylic acids is 2. The second-order valence-corrected chi connectivity index (χ2v) is 5.69. The minimum Gasteiger partial charge on any atom is -0.450 e. The van der Waals surface area contributed by atoms with Gasteiger partial charge in [-0.1, -0.05) is 37.6 Å². The van der Waals surface area contributed by atoms with E-state index in [1.807, 2.05) is 38.1 Å². The summed E-state index contributed by atoms with van der Waals surface area (Å²) >= 11 is 5.82. The van der Waals surface area contributed by atoms with E-state index in [0.29, 0.717) is 18.0 Å². The maximum absolute atomic E-state index is 12.2. The Morgan fingerprint density at radius 2 is 1.86 bits per heavy atom. The number of rotatable bonds is 7. The van der Waals surface area contributed by atoms with Crippen LogP contribution in [0.1, 0.15) is 26.3 Å². The van der Waals surface area contributed by atoms with E-state index in [9.17, 15) is 9.59 Å². The van der Waals surface area contributed by atoms with Gasteiger partial charge in [-0.3, -0.25) is 4.79 Å². The van der Waals surface area contributed by atoms with E-state index in [-0.39, 0.29) is 18.4 Å². The molecule has 1 rings (SSSR count). The van der Waals surface area contributed by atoms with Crippen LogP contribution in [0, 0.1) is 5.92 Å². The van der Waals surface area contributed by atoms with Crippen molar-refractivity contribution in [1.82, 2.24) is 10.6 Å². The molecule has 0 radical (unpaired) electrons. The Morgan fingerprint density at radius 3 is 2.41 bits per heavy atom. The van der Waals surface area contributed by atoms with Crippen LogP contribution in [0.4, 0.5) is 4.79 Å².